The molecule has 20 heavy (non-hydrogen) atoms. The Morgan fingerprint density at radius 2 is 2.00 bits per heavy atom. The van der Waals surface area contributed by atoms with Crippen molar-refractivity contribution in [1.82, 2.24) is 4.90 Å². The first-order valence-corrected chi connectivity index (χ1v) is 8.70. The van der Waals surface area contributed by atoms with E-state index >= 15 is 0 Å². The minimum Gasteiger partial charge on any atom is -0.303 e. The van der Waals surface area contributed by atoms with Crippen LogP contribution in [0.1, 0.15) is 12.8 Å². The van der Waals surface area contributed by atoms with Gasteiger partial charge in [0.2, 0.25) is 0 Å². The molecule has 0 radical (unpaired) electrons. The van der Waals surface area contributed by atoms with E-state index < -0.39 is 9.84 Å². The molecule has 1 heterocycles. The maximum Gasteiger partial charge on any atom is 0.179 e. The van der Waals surface area contributed by atoms with Crippen LogP contribution in [0.25, 0.3) is 0 Å². The lowest BCUT2D eigenvalue weighted by molar-refractivity contribution is -0.112. The third-order valence-corrected chi connectivity index (χ3v) is 5.55. The first-order chi connectivity index (χ1) is 9.51. The molecule has 1 aliphatic heterocycles. The fourth-order valence-corrected chi connectivity index (χ4v) is 3.83. The number of aldehydes is 1. The van der Waals surface area contributed by atoms with E-state index in [1.165, 1.54) is 12.1 Å². The van der Waals surface area contributed by atoms with Crippen LogP contribution in [0.15, 0.2) is 29.2 Å². The molecule has 0 spiro atoms. The molecule has 1 fully saturated rings. The molecule has 1 saturated heterocycles. The van der Waals surface area contributed by atoms with Crippen LogP contribution >= 0.6 is 11.6 Å². The number of likely N-dealkylation sites (tertiary alicyclic amines) is 1. The zero-order chi connectivity index (χ0) is 14.6. The summed E-state index contributed by atoms with van der Waals surface area (Å²) >= 11 is 5.76. The Morgan fingerprint density at radius 1 is 1.30 bits per heavy atom. The summed E-state index contributed by atoms with van der Waals surface area (Å²) in [5, 5.41) is 0.522. The minimum atomic E-state index is -3.29. The summed E-state index contributed by atoms with van der Waals surface area (Å²) in [5.41, 5.74) is 0. The third-order valence-electron chi connectivity index (χ3n) is 3.58. The molecule has 1 unspecified atom stereocenters. The van der Waals surface area contributed by atoms with Gasteiger partial charge in [-0.05, 0) is 43.7 Å². The zero-order valence-electron chi connectivity index (χ0n) is 11.2. The molecular formula is C14H18ClNO3S. The summed E-state index contributed by atoms with van der Waals surface area (Å²) in [6, 6.07) is 6.22. The molecule has 6 heteroatoms. The van der Waals surface area contributed by atoms with Crippen LogP contribution in [-0.2, 0) is 14.6 Å². The van der Waals surface area contributed by atoms with Crippen LogP contribution in [0.5, 0.6) is 0 Å². The fraction of sp³-hybridized carbons (Fsp3) is 0.500. The quantitative estimate of drug-likeness (QED) is 0.780. The van der Waals surface area contributed by atoms with E-state index in [0.29, 0.717) is 23.0 Å². The van der Waals surface area contributed by atoms with E-state index in [1.54, 1.807) is 12.1 Å². The number of nitrogens with zero attached hydrogens (tertiary/aromatic N) is 1. The first kappa shape index (κ1) is 15.5. The second kappa shape index (κ2) is 6.70. The molecule has 1 aromatic carbocycles. The van der Waals surface area contributed by atoms with E-state index in [0.717, 1.165) is 25.7 Å². The second-order valence-corrected chi connectivity index (χ2v) is 7.66. The van der Waals surface area contributed by atoms with Crippen LogP contribution in [0, 0.1) is 5.92 Å². The standard InChI is InChI=1S/C14H18ClNO3S/c15-13-3-5-14(6-4-13)20(18,19)9-8-16-7-1-2-12(10-16)11-17/h3-6,11-12H,1-2,7-10H2. The fourth-order valence-electron chi connectivity index (χ4n) is 2.41. The van der Waals surface area contributed by atoms with Crippen molar-refractivity contribution in [3.63, 3.8) is 0 Å². The molecule has 1 atom stereocenters. The van der Waals surface area contributed by atoms with Crippen molar-refractivity contribution in [3.8, 4) is 0 Å². The Morgan fingerprint density at radius 3 is 2.65 bits per heavy atom. The number of hydrogen-bond acceptors (Lipinski definition) is 4. The van der Waals surface area contributed by atoms with Gasteiger partial charge in [-0.1, -0.05) is 11.6 Å². The van der Waals surface area contributed by atoms with E-state index in [1.807, 2.05) is 0 Å². The smallest absolute Gasteiger partial charge is 0.179 e. The molecule has 1 aliphatic rings. The normalized spacial score (nSPS) is 20.8. The summed E-state index contributed by atoms with van der Waals surface area (Å²) in [6.45, 7) is 2.00. The van der Waals surface area contributed by atoms with Crippen molar-refractivity contribution in [3.05, 3.63) is 29.3 Å². The molecule has 2 rings (SSSR count). The number of carbonyl (C=O) groups is 1. The number of halogens is 1. The van der Waals surface area contributed by atoms with Gasteiger partial charge in [-0.3, -0.25) is 0 Å². The SMILES string of the molecule is O=CC1CCCN(CCS(=O)(=O)c2ccc(Cl)cc2)C1. The van der Waals surface area contributed by atoms with Gasteiger partial charge in [0, 0.05) is 24.0 Å². The monoisotopic (exact) mass is 315 g/mol. The average molecular weight is 316 g/mol. The molecule has 0 amide bonds. The topological polar surface area (TPSA) is 54.5 Å². The van der Waals surface area contributed by atoms with Gasteiger partial charge in [-0.2, -0.15) is 0 Å². The number of rotatable bonds is 5. The highest BCUT2D eigenvalue weighted by molar-refractivity contribution is 7.91. The van der Waals surface area contributed by atoms with Crippen LogP contribution < -0.4 is 0 Å². The predicted octanol–water partition coefficient (Wildman–Crippen LogP) is 2.02. The van der Waals surface area contributed by atoms with E-state index in [-0.39, 0.29) is 11.7 Å². The number of hydrogen-bond donors (Lipinski definition) is 0. The lowest BCUT2D eigenvalue weighted by atomic mass is 10.00. The Kier molecular flexibility index (Phi) is 5.18. The van der Waals surface area contributed by atoms with E-state index in [2.05, 4.69) is 4.90 Å². The van der Waals surface area contributed by atoms with Crippen LogP contribution in [0.3, 0.4) is 0 Å². The maximum absolute atomic E-state index is 12.2. The van der Waals surface area contributed by atoms with Gasteiger partial charge in [0.05, 0.1) is 10.6 Å². The number of piperidine rings is 1. The van der Waals surface area contributed by atoms with Gasteiger partial charge in [0.1, 0.15) is 6.29 Å². The van der Waals surface area contributed by atoms with Crippen molar-refractivity contribution in [2.75, 3.05) is 25.4 Å². The second-order valence-electron chi connectivity index (χ2n) is 5.11. The highest BCUT2D eigenvalue weighted by Crippen LogP contribution is 2.17. The summed E-state index contributed by atoms with van der Waals surface area (Å²) in [7, 11) is -3.29. The van der Waals surface area contributed by atoms with Gasteiger partial charge in [0.25, 0.3) is 0 Å². The Hall–Kier alpha value is -0.910. The first-order valence-electron chi connectivity index (χ1n) is 6.67. The molecule has 0 aliphatic carbocycles. The molecule has 4 nitrogen and oxygen atoms in total. The Bertz CT molecular complexity index is 556. The average Bonchev–Trinajstić information content (AvgIpc) is 2.46. The highest BCUT2D eigenvalue weighted by Gasteiger charge is 2.22. The Balaban J connectivity index is 1.95. The van der Waals surface area contributed by atoms with Gasteiger partial charge in [-0.15, -0.1) is 0 Å². The molecule has 0 N–H and O–H groups in total. The predicted molar refractivity (Wildman–Crippen MR) is 78.7 cm³/mol. The lowest BCUT2D eigenvalue weighted by Gasteiger charge is -2.29. The number of benzene rings is 1. The lowest BCUT2D eigenvalue weighted by Crippen LogP contribution is -2.38. The third kappa shape index (κ3) is 4.04. The van der Waals surface area contributed by atoms with Crippen molar-refractivity contribution < 1.29 is 13.2 Å². The van der Waals surface area contributed by atoms with Gasteiger partial charge < -0.3 is 9.69 Å². The van der Waals surface area contributed by atoms with Crippen molar-refractivity contribution >= 4 is 27.7 Å². The van der Waals surface area contributed by atoms with Gasteiger partial charge in [0.15, 0.2) is 9.84 Å². The van der Waals surface area contributed by atoms with E-state index in [9.17, 15) is 13.2 Å². The van der Waals surface area contributed by atoms with Crippen molar-refractivity contribution in [1.29, 1.82) is 0 Å². The van der Waals surface area contributed by atoms with Gasteiger partial charge in [-0.25, -0.2) is 8.42 Å². The number of sulfone groups is 1. The summed E-state index contributed by atoms with van der Waals surface area (Å²) in [4.78, 5) is 13.2. The largest absolute Gasteiger partial charge is 0.303 e. The van der Waals surface area contributed by atoms with Crippen molar-refractivity contribution in [2.24, 2.45) is 5.92 Å². The minimum absolute atomic E-state index is 0.0435. The van der Waals surface area contributed by atoms with Crippen molar-refractivity contribution in [2.45, 2.75) is 17.7 Å². The molecule has 110 valence electrons. The molecule has 0 bridgehead atoms. The summed E-state index contributed by atoms with van der Waals surface area (Å²) in [6.07, 6.45) is 2.83. The van der Waals surface area contributed by atoms with Gasteiger partial charge >= 0.3 is 0 Å². The Labute approximate surface area is 124 Å². The zero-order valence-corrected chi connectivity index (χ0v) is 12.7. The van der Waals surface area contributed by atoms with Crippen LogP contribution in [0.2, 0.25) is 5.02 Å². The highest BCUT2D eigenvalue weighted by atomic mass is 35.5. The molecule has 0 aromatic heterocycles. The molecule has 1 aromatic rings. The maximum atomic E-state index is 12.2. The van der Waals surface area contributed by atoms with E-state index in [4.69, 9.17) is 11.6 Å². The molecule has 0 saturated carbocycles. The number of carbonyl (C=O) groups excluding carboxylic acids is 1. The summed E-state index contributed by atoms with van der Waals surface area (Å²) in [5.74, 6) is 0.113. The summed E-state index contributed by atoms with van der Waals surface area (Å²) < 4.78 is 24.4. The molecular weight excluding hydrogens is 298 g/mol. The van der Waals surface area contributed by atoms with Crippen LogP contribution in [0.4, 0.5) is 0 Å². The van der Waals surface area contributed by atoms with Crippen LogP contribution in [-0.4, -0.2) is 45.0 Å².